The summed E-state index contributed by atoms with van der Waals surface area (Å²) in [4.78, 5) is 10.7. The Morgan fingerprint density at radius 3 is 2.92 bits per heavy atom. The Morgan fingerprint density at radius 1 is 1.69 bits per heavy atom. The molecule has 0 aliphatic heterocycles. The summed E-state index contributed by atoms with van der Waals surface area (Å²) in [6.07, 6.45) is 7.36. The van der Waals surface area contributed by atoms with Crippen LogP contribution < -0.4 is 5.73 Å². The highest BCUT2D eigenvalue weighted by molar-refractivity contribution is 5.76. The molecule has 1 aliphatic carbocycles. The summed E-state index contributed by atoms with van der Waals surface area (Å²) in [7, 11) is 0. The summed E-state index contributed by atoms with van der Waals surface area (Å²) in [6.45, 7) is 4.46. The van der Waals surface area contributed by atoms with Crippen LogP contribution in [-0.4, -0.2) is 5.91 Å². The first kappa shape index (κ1) is 10.3. The van der Waals surface area contributed by atoms with E-state index in [0.717, 1.165) is 12.8 Å². The molecular weight excluding hydrogens is 162 g/mol. The lowest BCUT2D eigenvalue weighted by atomic mass is 9.75. The molecule has 0 aromatic heterocycles. The first-order valence-electron chi connectivity index (χ1n) is 5.05. The number of rotatable bonds is 3. The van der Waals surface area contributed by atoms with Gasteiger partial charge in [-0.05, 0) is 31.1 Å². The molecule has 1 aliphatic rings. The van der Waals surface area contributed by atoms with Gasteiger partial charge in [0.2, 0.25) is 5.91 Å². The smallest absolute Gasteiger partial charge is 0.221 e. The Morgan fingerprint density at radius 2 is 2.38 bits per heavy atom. The van der Waals surface area contributed by atoms with E-state index in [-0.39, 0.29) is 5.91 Å². The highest BCUT2D eigenvalue weighted by Gasteiger charge is 2.23. The normalized spacial score (nSPS) is 28.3. The van der Waals surface area contributed by atoms with Crippen LogP contribution in [0.15, 0.2) is 11.6 Å². The molecule has 13 heavy (non-hydrogen) atoms. The van der Waals surface area contributed by atoms with E-state index in [2.05, 4.69) is 19.9 Å². The molecule has 74 valence electrons. The second kappa shape index (κ2) is 3.95. The van der Waals surface area contributed by atoms with Crippen LogP contribution >= 0.6 is 0 Å². The maximum atomic E-state index is 10.7. The van der Waals surface area contributed by atoms with Gasteiger partial charge in [0.05, 0.1) is 0 Å². The molecule has 0 aromatic carbocycles. The van der Waals surface area contributed by atoms with Crippen molar-refractivity contribution in [2.45, 2.75) is 46.0 Å². The van der Waals surface area contributed by atoms with Crippen molar-refractivity contribution >= 4 is 5.91 Å². The Bertz CT molecular complexity index is 232. The largest absolute Gasteiger partial charge is 0.369 e. The van der Waals surface area contributed by atoms with Crippen molar-refractivity contribution in [1.82, 2.24) is 0 Å². The van der Waals surface area contributed by atoms with Crippen molar-refractivity contribution in [3.05, 3.63) is 11.6 Å². The molecule has 2 nitrogen and oxygen atoms in total. The second-order valence-electron chi connectivity index (χ2n) is 4.31. The van der Waals surface area contributed by atoms with Crippen LogP contribution in [0.25, 0.3) is 0 Å². The van der Waals surface area contributed by atoms with E-state index in [1.165, 1.54) is 18.4 Å². The standard InChI is InChI=1S/C11H19NO/c1-3-11(2)6-4-5-9(8-11)7-10(12)13/h8H,3-7H2,1-2H3,(H2,12,13). The topological polar surface area (TPSA) is 43.1 Å². The Balaban J connectivity index is 2.69. The molecular formula is C11H19NO. The third kappa shape index (κ3) is 2.87. The lowest BCUT2D eigenvalue weighted by molar-refractivity contribution is -0.117. The number of hydrogen-bond donors (Lipinski definition) is 1. The van der Waals surface area contributed by atoms with Crippen molar-refractivity contribution in [3.63, 3.8) is 0 Å². The predicted molar refractivity (Wildman–Crippen MR) is 54.1 cm³/mol. The molecule has 0 radical (unpaired) electrons. The van der Waals surface area contributed by atoms with Crippen LogP contribution in [0.3, 0.4) is 0 Å². The van der Waals surface area contributed by atoms with E-state index in [1.54, 1.807) is 0 Å². The quantitative estimate of drug-likeness (QED) is 0.667. The molecule has 0 heterocycles. The fourth-order valence-electron chi connectivity index (χ4n) is 2.00. The van der Waals surface area contributed by atoms with Crippen molar-refractivity contribution in [1.29, 1.82) is 0 Å². The van der Waals surface area contributed by atoms with Gasteiger partial charge < -0.3 is 5.73 Å². The van der Waals surface area contributed by atoms with Crippen LogP contribution in [0.5, 0.6) is 0 Å². The van der Waals surface area contributed by atoms with Gasteiger partial charge in [0.1, 0.15) is 0 Å². The summed E-state index contributed by atoms with van der Waals surface area (Å²) < 4.78 is 0. The fourth-order valence-corrected chi connectivity index (χ4v) is 2.00. The minimum atomic E-state index is -0.202. The minimum absolute atomic E-state index is 0.202. The molecule has 0 aromatic rings. The van der Waals surface area contributed by atoms with E-state index in [4.69, 9.17) is 5.73 Å². The summed E-state index contributed by atoms with van der Waals surface area (Å²) in [5, 5.41) is 0. The number of carbonyl (C=O) groups is 1. The first-order valence-corrected chi connectivity index (χ1v) is 5.05. The van der Waals surface area contributed by atoms with Crippen LogP contribution in [0.4, 0.5) is 0 Å². The number of primary amides is 1. The first-order chi connectivity index (χ1) is 6.06. The SMILES string of the molecule is CCC1(C)C=C(CC(N)=O)CCC1. The van der Waals surface area contributed by atoms with Gasteiger partial charge in [-0.2, -0.15) is 0 Å². The summed E-state index contributed by atoms with van der Waals surface area (Å²) in [6, 6.07) is 0. The molecule has 0 fully saturated rings. The molecule has 1 atom stereocenters. The van der Waals surface area contributed by atoms with Crippen LogP contribution in [0, 0.1) is 5.41 Å². The number of carbonyl (C=O) groups excluding carboxylic acids is 1. The van der Waals surface area contributed by atoms with E-state index < -0.39 is 0 Å². The number of amides is 1. The maximum Gasteiger partial charge on any atom is 0.221 e. The molecule has 1 amide bonds. The van der Waals surface area contributed by atoms with Gasteiger partial charge in [0.15, 0.2) is 0 Å². The summed E-state index contributed by atoms with van der Waals surface area (Å²) in [5.74, 6) is -0.202. The minimum Gasteiger partial charge on any atom is -0.369 e. The summed E-state index contributed by atoms with van der Waals surface area (Å²) >= 11 is 0. The van der Waals surface area contributed by atoms with Gasteiger partial charge in [-0.15, -0.1) is 0 Å². The van der Waals surface area contributed by atoms with Crippen molar-refractivity contribution in [2.75, 3.05) is 0 Å². The highest BCUT2D eigenvalue weighted by atomic mass is 16.1. The molecule has 0 spiro atoms. The predicted octanol–water partition coefficient (Wildman–Crippen LogP) is 2.39. The third-order valence-corrected chi connectivity index (χ3v) is 3.01. The molecule has 2 N–H and O–H groups in total. The molecule has 2 heteroatoms. The van der Waals surface area contributed by atoms with Gasteiger partial charge in [-0.1, -0.05) is 25.5 Å². The molecule has 1 rings (SSSR count). The number of allylic oxidation sites excluding steroid dienone is 1. The molecule has 0 saturated heterocycles. The zero-order valence-corrected chi connectivity index (χ0v) is 8.60. The second-order valence-corrected chi connectivity index (χ2v) is 4.31. The van der Waals surface area contributed by atoms with Crippen molar-refractivity contribution in [2.24, 2.45) is 11.1 Å². The highest BCUT2D eigenvalue weighted by Crippen LogP contribution is 2.37. The van der Waals surface area contributed by atoms with Crippen molar-refractivity contribution in [3.8, 4) is 0 Å². The van der Waals surface area contributed by atoms with E-state index >= 15 is 0 Å². The fraction of sp³-hybridized carbons (Fsp3) is 0.727. The molecule has 0 saturated carbocycles. The lowest BCUT2D eigenvalue weighted by Crippen LogP contribution is -2.19. The van der Waals surface area contributed by atoms with E-state index in [0.29, 0.717) is 11.8 Å². The molecule has 0 bridgehead atoms. The van der Waals surface area contributed by atoms with Crippen molar-refractivity contribution < 1.29 is 4.79 Å². The Kier molecular flexibility index (Phi) is 3.12. The van der Waals surface area contributed by atoms with E-state index in [9.17, 15) is 4.79 Å². The Labute approximate surface area is 80.2 Å². The number of nitrogens with two attached hydrogens (primary N) is 1. The lowest BCUT2D eigenvalue weighted by Gasteiger charge is -2.30. The van der Waals surface area contributed by atoms with Gasteiger partial charge in [0.25, 0.3) is 0 Å². The maximum absolute atomic E-state index is 10.7. The van der Waals surface area contributed by atoms with Crippen LogP contribution in [0.2, 0.25) is 0 Å². The van der Waals surface area contributed by atoms with Gasteiger partial charge in [-0.3, -0.25) is 4.79 Å². The van der Waals surface area contributed by atoms with Crippen LogP contribution in [-0.2, 0) is 4.79 Å². The van der Waals surface area contributed by atoms with Crippen LogP contribution in [0.1, 0.15) is 46.0 Å². The average molecular weight is 181 g/mol. The zero-order valence-electron chi connectivity index (χ0n) is 8.60. The van der Waals surface area contributed by atoms with E-state index in [1.807, 2.05) is 0 Å². The molecule has 1 unspecified atom stereocenters. The van der Waals surface area contributed by atoms with Gasteiger partial charge >= 0.3 is 0 Å². The third-order valence-electron chi connectivity index (χ3n) is 3.01. The zero-order chi connectivity index (χ0) is 9.90. The number of hydrogen-bond acceptors (Lipinski definition) is 1. The Hall–Kier alpha value is -0.790. The average Bonchev–Trinajstić information content (AvgIpc) is 2.03. The van der Waals surface area contributed by atoms with Gasteiger partial charge in [0, 0.05) is 6.42 Å². The summed E-state index contributed by atoms with van der Waals surface area (Å²) in [5.41, 5.74) is 6.72. The monoisotopic (exact) mass is 181 g/mol. The van der Waals surface area contributed by atoms with Gasteiger partial charge in [-0.25, -0.2) is 0 Å².